The second kappa shape index (κ2) is 1.44. The monoisotopic (exact) mass is 133 g/mol. The zero-order chi connectivity index (χ0) is 6.55. The van der Waals surface area contributed by atoms with Crippen LogP contribution in [0.5, 0.6) is 0 Å². The van der Waals surface area contributed by atoms with Crippen LogP contribution in [-0.2, 0) is 0 Å². The van der Waals surface area contributed by atoms with Crippen LogP contribution < -0.4 is 5.43 Å². The van der Waals surface area contributed by atoms with Crippen molar-refractivity contribution < 1.29 is 0 Å². The van der Waals surface area contributed by atoms with Crippen LogP contribution >= 0.6 is 0 Å². The third kappa shape index (κ3) is 0.474. The van der Waals surface area contributed by atoms with Crippen molar-refractivity contribution in [3.8, 4) is 0 Å². The summed E-state index contributed by atoms with van der Waals surface area (Å²) in [5, 5.41) is 3.93. The minimum atomic E-state index is 0.811. The Bertz CT molecular complexity index is 240. The van der Waals surface area contributed by atoms with Crippen LogP contribution in [-0.4, -0.2) is 6.21 Å². The molecule has 2 heteroatoms. The smallest absolute Gasteiger partial charge is 0.0712 e. The Balaban J connectivity index is 2.03. The van der Waals surface area contributed by atoms with Gasteiger partial charge in [0.2, 0.25) is 0 Å². The van der Waals surface area contributed by atoms with Crippen LogP contribution in [0.15, 0.2) is 16.4 Å². The number of fused-ring (bicyclic) bond motifs is 2. The lowest BCUT2D eigenvalue weighted by atomic mass is 9.98. The predicted molar refractivity (Wildman–Crippen MR) is 38.5 cm³/mol. The largest absolute Gasteiger partial charge is 0.159 e. The molecule has 0 aromatic heterocycles. The zero-order valence-corrected chi connectivity index (χ0v) is 5.75. The van der Waals surface area contributed by atoms with E-state index in [1.54, 1.807) is 0 Å². The molecule has 0 aromatic rings. The summed E-state index contributed by atoms with van der Waals surface area (Å²) in [4.78, 5) is 0. The van der Waals surface area contributed by atoms with E-state index in [9.17, 15) is 0 Å². The molecule has 1 fully saturated rings. The maximum absolute atomic E-state index is 4.13. The third-order valence-electron chi connectivity index (χ3n) is 2.77. The molecular weight excluding hydrogens is 124 g/mol. The third-order valence-corrected chi connectivity index (χ3v) is 2.77. The second-order valence-corrected chi connectivity index (χ2v) is 3.40. The molecule has 1 heterocycles. The van der Waals surface area contributed by atoms with Crippen molar-refractivity contribution >= 4 is 6.21 Å². The van der Waals surface area contributed by atoms with Crippen LogP contribution in [0.25, 0.3) is 0 Å². The highest BCUT2D eigenvalue weighted by Gasteiger charge is 2.45. The number of hydrogen-bond donors (Lipinski definition) is 0. The van der Waals surface area contributed by atoms with Gasteiger partial charge in [-0.05, 0) is 30.8 Å². The van der Waals surface area contributed by atoms with Crippen LogP contribution in [0.1, 0.15) is 19.3 Å². The molecule has 0 bridgehead atoms. The first-order valence-electron chi connectivity index (χ1n) is 3.92. The minimum absolute atomic E-state index is 0.811. The first kappa shape index (κ1) is 4.94. The highest BCUT2D eigenvalue weighted by molar-refractivity contribution is 5.82. The van der Waals surface area contributed by atoms with E-state index in [4.69, 9.17) is 0 Å². The Morgan fingerprint density at radius 2 is 2.50 bits per heavy atom. The van der Waals surface area contributed by atoms with E-state index in [0.29, 0.717) is 0 Å². The van der Waals surface area contributed by atoms with Gasteiger partial charge in [-0.25, -0.2) is 0 Å². The van der Waals surface area contributed by atoms with Crippen molar-refractivity contribution in [1.82, 2.24) is 5.43 Å². The summed E-state index contributed by atoms with van der Waals surface area (Å²) in [6.07, 6.45) is 5.92. The molecule has 2 atom stereocenters. The molecule has 2 unspecified atom stereocenters. The molecule has 2 nitrogen and oxygen atoms in total. The van der Waals surface area contributed by atoms with Gasteiger partial charge in [0.05, 0.1) is 11.9 Å². The molecule has 0 aromatic carbocycles. The molecule has 2 aliphatic carbocycles. The minimum Gasteiger partial charge on any atom is -0.159 e. The molecule has 1 aliphatic heterocycles. The molecule has 0 spiro atoms. The van der Waals surface area contributed by atoms with E-state index in [2.05, 4.69) is 10.5 Å². The Hall–Kier alpha value is -0.790. The van der Waals surface area contributed by atoms with Gasteiger partial charge >= 0.3 is 0 Å². The topological polar surface area (TPSA) is 26.5 Å². The van der Waals surface area contributed by atoms with E-state index < -0.39 is 0 Å². The average Bonchev–Trinajstić information content (AvgIpc) is 2.60. The Kier molecular flexibility index (Phi) is 0.712. The lowest BCUT2D eigenvalue weighted by Crippen LogP contribution is -2.04. The standard InChI is InChI=1S/C8H9N2/c1-2-6-4-9-10-8(6)7-3-5(1)7/h4-5,7H,1-3H2. The summed E-state index contributed by atoms with van der Waals surface area (Å²) in [5.41, 5.74) is 6.86. The van der Waals surface area contributed by atoms with Gasteiger partial charge in [-0.1, -0.05) is 0 Å². The lowest BCUT2D eigenvalue weighted by Gasteiger charge is -2.08. The van der Waals surface area contributed by atoms with E-state index in [-0.39, 0.29) is 0 Å². The summed E-state index contributed by atoms with van der Waals surface area (Å²) in [7, 11) is 0. The van der Waals surface area contributed by atoms with Crippen molar-refractivity contribution in [2.75, 3.05) is 0 Å². The van der Waals surface area contributed by atoms with Crippen LogP contribution in [0.4, 0.5) is 0 Å². The summed E-state index contributed by atoms with van der Waals surface area (Å²) >= 11 is 0. The van der Waals surface area contributed by atoms with Gasteiger partial charge in [0.25, 0.3) is 0 Å². The van der Waals surface area contributed by atoms with Gasteiger partial charge in [-0.2, -0.15) is 10.5 Å². The fourth-order valence-electron chi connectivity index (χ4n) is 2.04. The lowest BCUT2D eigenvalue weighted by molar-refractivity contribution is 0.622. The van der Waals surface area contributed by atoms with Gasteiger partial charge in [0.15, 0.2) is 0 Å². The van der Waals surface area contributed by atoms with Gasteiger partial charge < -0.3 is 0 Å². The second-order valence-electron chi connectivity index (χ2n) is 3.40. The summed E-state index contributed by atoms with van der Waals surface area (Å²) < 4.78 is 0. The van der Waals surface area contributed by atoms with Crippen molar-refractivity contribution in [3.05, 3.63) is 11.3 Å². The number of allylic oxidation sites excluding steroid dienone is 2. The molecule has 3 rings (SSSR count). The van der Waals surface area contributed by atoms with Crippen LogP contribution in [0.3, 0.4) is 0 Å². The quantitative estimate of drug-likeness (QED) is 0.476. The van der Waals surface area contributed by atoms with E-state index in [1.807, 2.05) is 6.21 Å². The molecule has 1 saturated carbocycles. The van der Waals surface area contributed by atoms with Crippen LogP contribution in [0.2, 0.25) is 0 Å². The molecular formula is C8H9N2. The van der Waals surface area contributed by atoms with Crippen molar-refractivity contribution in [3.63, 3.8) is 0 Å². The van der Waals surface area contributed by atoms with Crippen molar-refractivity contribution in [2.24, 2.45) is 16.9 Å². The molecule has 51 valence electrons. The molecule has 1 radical (unpaired) electrons. The van der Waals surface area contributed by atoms with Crippen molar-refractivity contribution in [1.29, 1.82) is 0 Å². The Labute approximate surface area is 60.0 Å². The first-order chi connectivity index (χ1) is 4.95. The van der Waals surface area contributed by atoms with Gasteiger partial charge in [-0.3, -0.25) is 0 Å². The van der Waals surface area contributed by atoms with Gasteiger partial charge in [0.1, 0.15) is 0 Å². The van der Waals surface area contributed by atoms with Crippen molar-refractivity contribution in [2.45, 2.75) is 19.3 Å². The molecule has 0 saturated heterocycles. The van der Waals surface area contributed by atoms with E-state index >= 15 is 0 Å². The van der Waals surface area contributed by atoms with Gasteiger partial charge in [0, 0.05) is 5.92 Å². The molecule has 0 amide bonds. The summed E-state index contributed by atoms with van der Waals surface area (Å²) in [6, 6.07) is 0. The Morgan fingerprint density at radius 3 is 3.50 bits per heavy atom. The molecule has 3 aliphatic rings. The number of nitrogens with zero attached hydrogens (tertiary/aromatic N) is 2. The van der Waals surface area contributed by atoms with E-state index in [0.717, 1.165) is 11.8 Å². The predicted octanol–water partition coefficient (Wildman–Crippen LogP) is 1.27. The highest BCUT2D eigenvalue weighted by atomic mass is 15.3. The zero-order valence-electron chi connectivity index (χ0n) is 5.75. The fourth-order valence-corrected chi connectivity index (χ4v) is 2.04. The van der Waals surface area contributed by atoms with E-state index in [1.165, 1.54) is 30.5 Å². The number of rotatable bonds is 0. The highest BCUT2D eigenvalue weighted by Crippen LogP contribution is 2.52. The fraction of sp³-hybridized carbons (Fsp3) is 0.625. The van der Waals surface area contributed by atoms with Crippen LogP contribution in [0, 0.1) is 11.8 Å². The maximum Gasteiger partial charge on any atom is 0.0712 e. The summed E-state index contributed by atoms with van der Waals surface area (Å²) in [5.74, 6) is 1.79. The molecule has 0 N–H and O–H groups in total. The van der Waals surface area contributed by atoms with Gasteiger partial charge in [-0.15, -0.1) is 0 Å². The maximum atomic E-state index is 4.13. The summed E-state index contributed by atoms with van der Waals surface area (Å²) in [6.45, 7) is 0. The first-order valence-corrected chi connectivity index (χ1v) is 3.92. The number of hydrogen-bond acceptors (Lipinski definition) is 1. The Morgan fingerprint density at radius 1 is 1.50 bits per heavy atom. The average molecular weight is 133 g/mol. The SMILES string of the molecule is C1=N[N]C2=C1CCC1CC21. The normalized spacial score (nSPS) is 40.8. The molecule has 10 heavy (non-hydrogen) atoms.